The molecule has 0 unspecified atom stereocenters. The molecule has 98 valence electrons. The third-order valence-electron chi connectivity index (χ3n) is 3.71. The number of aromatic nitrogens is 1. The van der Waals surface area contributed by atoms with E-state index in [-0.39, 0.29) is 5.91 Å². The van der Waals surface area contributed by atoms with Crippen molar-refractivity contribution in [3.8, 4) is 0 Å². The zero-order valence-electron chi connectivity index (χ0n) is 10.6. The quantitative estimate of drug-likeness (QED) is 0.830. The molecule has 1 aromatic heterocycles. The number of aryl methyl sites for hydroxylation is 1. The molecule has 1 N–H and O–H groups in total. The number of amides is 1. The lowest BCUT2D eigenvalue weighted by Crippen LogP contribution is -2.62. The Morgan fingerprint density at radius 1 is 1.39 bits per heavy atom. The van der Waals surface area contributed by atoms with Crippen LogP contribution in [0.4, 0.5) is 0 Å². The average Bonchev–Trinajstić information content (AvgIpc) is 2.74. The van der Waals surface area contributed by atoms with Crippen LogP contribution < -0.4 is 5.32 Å². The Morgan fingerprint density at radius 2 is 2.11 bits per heavy atom. The van der Waals surface area contributed by atoms with Gasteiger partial charge in [-0.05, 0) is 6.92 Å². The molecule has 1 amide bonds. The van der Waals surface area contributed by atoms with Crippen molar-refractivity contribution in [3.05, 3.63) is 16.1 Å². The van der Waals surface area contributed by atoms with Gasteiger partial charge in [0.05, 0.1) is 11.2 Å². The summed E-state index contributed by atoms with van der Waals surface area (Å²) in [5.41, 5.74) is 0. The molecular weight excluding hydrogens is 248 g/mol. The van der Waals surface area contributed by atoms with Crippen LogP contribution in [0, 0.1) is 6.92 Å². The molecule has 5 nitrogen and oxygen atoms in total. The first-order chi connectivity index (χ1) is 8.74. The lowest BCUT2D eigenvalue weighted by Gasteiger charge is -2.43. The fourth-order valence-corrected chi connectivity index (χ4v) is 3.18. The Hall–Kier alpha value is -0.980. The van der Waals surface area contributed by atoms with E-state index in [1.165, 1.54) is 11.3 Å². The van der Waals surface area contributed by atoms with Crippen molar-refractivity contribution in [2.24, 2.45) is 0 Å². The van der Waals surface area contributed by atoms with Crippen molar-refractivity contribution in [2.45, 2.75) is 13.0 Å². The number of carbonyl (C=O) groups is 1. The molecule has 18 heavy (non-hydrogen) atoms. The van der Waals surface area contributed by atoms with E-state index in [2.05, 4.69) is 15.2 Å². The van der Waals surface area contributed by atoms with E-state index < -0.39 is 0 Å². The molecule has 2 fully saturated rings. The van der Waals surface area contributed by atoms with E-state index in [4.69, 9.17) is 0 Å². The third kappa shape index (κ3) is 2.28. The van der Waals surface area contributed by atoms with Crippen LogP contribution >= 0.6 is 11.3 Å². The summed E-state index contributed by atoms with van der Waals surface area (Å²) in [6.45, 7) is 7.80. The van der Waals surface area contributed by atoms with Crippen molar-refractivity contribution in [2.75, 3.05) is 39.3 Å². The summed E-state index contributed by atoms with van der Waals surface area (Å²) in [4.78, 5) is 21.6. The second-order valence-electron chi connectivity index (χ2n) is 4.88. The van der Waals surface area contributed by atoms with Gasteiger partial charge in [0.2, 0.25) is 0 Å². The Labute approximate surface area is 111 Å². The van der Waals surface area contributed by atoms with Crippen LogP contribution in [0.3, 0.4) is 0 Å². The smallest absolute Gasteiger partial charge is 0.265 e. The van der Waals surface area contributed by atoms with E-state index in [1.807, 2.05) is 11.8 Å². The molecule has 3 rings (SSSR count). The van der Waals surface area contributed by atoms with Crippen molar-refractivity contribution in [3.63, 3.8) is 0 Å². The maximum Gasteiger partial charge on any atom is 0.265 e. The van der Waals surface area contributed by atoms with Gasteiger partial charge in [0.25, 0.3) is 5.91 Å². The molecule has 0 saturated carbocycles. The van der Waals surface area contributed by atoms with Gasteiger partial charge < -0.3 is 10.2 Å². The van der Waals surface area contributed by atoms with Crippen molar-refractivity contribution >= 4 is 17.2 Å². The van der Waals surface area contributed by atoms with Gasteiger partial charge in [-0.2, -0.15) is 0 Å². The van der Waals surface area contributed by atoms with Gasteiger partial charge in [0.15, 0.2) is 0 Å². The maximum atomic E-state index is 12.2. The number of hydrogen-bond acceptors (Lipinski definition) is 5. The van der Waals surface area contributed by atoms with E-state index in [0.717, 1.165) is 49.2 Å². The minimum absolute atomic E-state index is 0.145. The Morgan fingerprint density at radius 3 is 2.61 bits per heavy atom. The number of nitrogens with one attached hydrogen (secondary N) is 1. The first-order valence-electron chi connectivity index (χ1n) is 6.40. The number of rotatable bonds is 2. The summed E-state index contributed by atoms with van der Waals surface area (Å²) in [7, 11) is 0. The predicted molar refractivity (Wildman–Crippen MR) is 71.0 cm³/mol. The lowest BCUT2D eigenvalue weighted by molar-refractivity contribution is 0.0506. The Kier molecular flexibility index (Phi) is 3.32. The van der Waals surface area contributed by atoms with Gasteiger partial charge in [-0.3, -0.25) is 9.69 Å². The number of piperazine rings is 1. The number of nitrogens with zero attached hydrogens (tertiary/aromatic N) is 3. The predicted octanol–water partition coefficient (Wildman–Crippen LogP) is 0.181. The molecule has 2 aliphatic heterocycles. The summed E-state index contributed by atoms with van der Waals surface area (Å²) in [6.07, 6.45) is 1.70. The van der Waals surface area contributed by atoms with Gasteiger partial charge in [0, 0.05) is 45.3 Å². The van der Waals surface area contributed by atoms with Gasteiger partial charge in [0.1, 0.15) is 4.88 Å². The Bertz CT molecular complexity index is 435. The molecule has 0 bridgehead atoms. The molecule has 0 aliphatic carbocycles. The fourth-order valence-electron chi connectivity index (χ4n) is 2.44. The van der Waals surface area contributed by atoms with Gasteiger partial charge >= 0.3 is 0 Å². The molecule has 0 atom stereocenters. The molecular formula is C12H18N4OS. The summed E-state index contributed by atoms with van der Waals surface area (Å²) in [5.74, 6) is 0.145. The van der Waals surface area contributed by atoms with Crippen LogP contribution in [-0.2, 0) is 0 Å². The summed E-state index contributed by atoms with van der Waals surface area (Å²) < 4.78 is 0. The van der Waals surface area contributed by atoms with Gasteiger partial charge in [-0.1, -0.05) is 0 Å². The molecule has 2 saturated heterocycles. The second-order valence-corrected chi connectivity index (χ2v) is 6.12. The highest BCUT2D eigenvalue weighted by molar-refractivity contribution is 7.13. The SMILES string of the molecule is Cc1ncc(C(=O)N2CCN(C3CNC3)CC2)s1. The van der Waals surface area contributed by atoms with Crippen LogP contribution in [0.15, 0.2) is 6.20 Å². The van der Waals surface area contributed by atoms with E-state index in [0.29, 0.717) is 6.04 Å². The van der Waals surface area contributed by atoms with Crippen LogP contribution in [0.25, 0.3) is 0 Å². The minimum Gasteiger partial charge on any atom is -0.335 e. The fraction of sp³-hybridized carbons (Fsp3) is 0.667. The van der Waals surface area contributed by atoms with Crippen molar-refractivity contribution in [1.29, 1.82) is 0 Å². The topological polar surface area (TPSA) is 48.5 Å². The highest BCUT2D eigenvalue weighted by atomic mass is 32.1. The van der Waals surface area contributed by atoms with Gasteiger partial charge in [-0.25, -0.2) is 4.98 Å². The van der Waals surface area contributed by atoms with Crippen LogP contribution in [-0.4, -0.2) is 66.0 Å². The first-order valence-corrected chi connectivity index (χ1v) is 7.22. The van der Waals surface area contributed by atoms with Crippen molar-refractivity contribution < 1.29 is 4.79 Å². The van der Waals surface area contributed by atoms with Crippen LogP contribution in [0.1, 0.15) is 14.7 Å². The number of carbonyl (C=O) groups excluding carboxylic acids is 1. The lowest BCUT2D eigenvalue weighted by atomic mass is 10.1. The monoisotopic (exact) mass is 266 g/mol. The largest absolute Gasteiger partial charge is 0.335 e. The van der Waals surface area contributed by atoms with E-state index in [1.54, 1.807) is 6.20 Å². The van der Waals surface area contributed by atoms with Crippen molar-refractivity contribution in [1.82, 2.24) is 20.1 Å². The maximum absolute atomic E-state index is 12.2. The molecule has 6 heteroatoms. The number of thiazole rings is 1. The number of hydrogen-bond donors (Lipinski definition) is 1. The standard InChI is InChI=1S/C12H18N4OS/c1-9-14-8-11(18-9)12(17)16-4-2-15(3-5-16)10-6-13-7-10/h8,10,13H,2-7H2,1H3. The summed E-state index contributed by atoms with van der Waals surface area (Å²) in [5, 5.41) is 4.25. The van der Waals surface area contributed by atoms with Crippen LogP contribution in [0.5, 0.6) is 0 Å². The molecule has 0 radical (unpaired) electrons. The first kappa shape index (κ1) is 12.1. The molecule has 0 spiro atoms. The third-order valence-corrected chi connectivity index (χ3v) is 4.61. The highest BCUT2D eigenvalue weighted by Crippen LogP contribution is 2.16. The molecule has 3 heterocycles. The molecule has 2 aliphatic rings. The minimum atomic E-state index is 0.145. The molecule has 1 aromatic rings. The second kappa shape index (κ2) is 4.95. The highest BCUT2D eigenvalue weighted by Gasteiger charge is 2.29. The normalized spacial score (nSPS) is 21.9. The summed E-state index contributed by atoms with van der Waals surface area (Å²) in [6, 6.07) is 0.688. The Balaban J connectivity index is 1.57. The zero-order chi connectivity index (χ0) is 12.5. The average molecular weight is 266 g/mol. The zero-order valence-corrected chi connectivity index (χ0v) is 11.4. The van der Waals surface area contributed by atoms with Crippen LogP contribution in [0.2, 0.25) is 0 Å². The summed E-state index contributed by atoms with van der Waals surface area (Å²) >= 11 is 1.49. The molecule has 0 aromatic carbocycles. The van der Waals surface area contributed by atoms with E-state index >= 15 is 0 Å². The van der Waals surface area contributed by atoms with E-state index in [9.17, 15) is 4.79 Å². The van der Waals surface area contributed by atoms with Gasteiger partial charge in [-0.15, -0.1) is 11.3 Å².